The lowest BCUT2D eigenvalue weighted by Crippen LogP contribution is -2.37. The van der Waals surface area contributed by atoms with Gasteiger partial charge in [-0.15, -0.1) is 0 Å². The van der Waals surface area contributed by atoms with Crippen LogP contribution in [0.25, 0.3) is 0 Å². The van der Waals surface area contributed by atoms with Crippen LogP contribution in [0, 0.1) is 0 Å². The summed E-state index contributed by atoms with van der Waals surface area (Å²) >= 11 is 0. The van der Waals surface area contributed by atoms with E-state index in [0.717, 1.165) is 0 Å². The number of Topliss-reactive ketones (excluding diaryl/α,β-unsaturated/α-hetero) is 1. The molecule has 1 atom stereocenters. The van der Waals surface area contributed by atoms with Crippen molar-refractivity contribution in [2.45, 2.75) is 25.8 Å². The van der Waals surface area contributed by atoms with Gasteiger partial charge in [-0.05, 0) is 12.8 Å². The first-order chi connectivity index (χ1) is 7.84. The second-order valence-electron chi connectivity index (χ2n) is 3.52. The van der Waals surface area contributed by atoms with E-state index in [9.17, 15) is 9.59 Å². The molecule has 0 aliphatic rings. The molecule has 7 heteroatoms. The minimum Gasteiger partial charge on any atom is -0.480 e. The summed E-state index contributed by atoms with van der Waals surface area (Å²) in [7, 11) is 0. The van der Waals surface area contributed by atoms with Gasteiger partial charge in [-0.2, -0.15) is 0 Å². The molecule has 0 aromatic heterocycles. The molecule has 0 amide bonds. The number of rotatable bonds is 8. The molecule has 0 aliphatic carbocycles. The Hall–Kier alpha value is -2.05. The molecule has 0 unspecified atom stereocenters. The zero-order valence-corrected chi connectivity index (χ0v) is 9.77. The first-order valence-electron chi connectivity index (χ1n) is 5.09. The summed E-state index contributed by atoms with van der Waals surface area (Å²) in [6.07, 6.45) is 0.797. The molecule has 0 aromatic carbocycles. The van der Waals surface area contributed by atoms with Gasteiger partial charge >= 0.3 is 5.97 Å². The number of allylic oxidation sites excluding steroid dienone is 1. The molecule has 17 heavy (non-hydrogen) atoms. The van der Waals surface area contributed by atoms with Gasteiger partial charge in [0.1, 0.15) is 6.04 Å². The fraction of sp³-hybridized carbons (Fsp3) is 0.500. The van der Waals surface area contributed by atoms with Crippen LogP contribution in [0.15, 0.2) is 17.3 Å². The van der Waals surface area contributed by atoms with Gasteiger partial charge in [0.15, 0.2) is 11.7 Å². The Bertz CT molecular complexity index is 334. The van der Waals surface area contributed by atoms with E-state index in [1.165, 1.54) is 6.92 Å². The summed E-state index contributed by atoms with van der Waals surface area (Å²) < 4.78 is 0. The summed E-state index contributed by atoms with van der Waals surface area (Å²) in [5.74, 6) is -1.37. The summed E-state index contributed by atoms with van der Waals surface area (Å²) in [6, 6.07) is -0.861. The largest absolute Gasteiger partial charge is 0.480 e. The van der Waals surface area contributed by atoms with Crippen LogP contribution in [0.1, 0.15) is 19.8 Å². The molecule has 96 valence electrons. The van der Waals surface area contributed by atoms with Crippen LogP contribution in [0.2, 0.25) is 0 Å². The summed E-state index contributed by atoms with van der Waals surface area (Å²) in [5, 5.41) is 11.5. The molecular weight excluding hydrogens is 224 g/mol. The van der Waals surface area contributed by atoms with E-state index in [1.54, 1.807) is 0 Å². The molecule has 0 radical (unpaired) electrons. The fourth-order valence-corrected chi connectivity index (χ4v) is 1.07. The smallest absolute Gasteiger partial charge is 0.326 e. The molecule has 0 aliphatic heterocycles. The lowest BCUT2D eigenvalue weighted by atomic mass is 10.1. The minimum atomic E-state index is -1.04. The molecule has 0 bridgehead atoms. The number of ketones is 1. The third-order valence-electron chi connectivity index (χ3n) is 2.02. The molecule has 0 saturated carbocycles. The third kappa shape index (κ3) is 6.93. The lowest BCUT2D eigenvalue weighted by molar-refractivity contribution is -0.139. The van der Waals surface area contributed by atoms with Crippen molar-refractivity contribution in [2.75, 3.05) is 6.54 Å². The minimum absolute atomic E-state index is 0.0296. The topological polar surface area (TPSA) is 131 Å². The summed E-state index contributed by atoms with van der Waals surface area (Å²) in [6.45, 7) is 5.10. The van der Waals surface area contributed by atoms with Crippen LogP contribution < -0.4 is 16.8 Å². The molecule has 7 nitrogen and oxygen atoms in total. The highest BCUT2D eigenvalue weighted by Crippen LogP contribution is 2.01. The lowest BCUT2D eigenvalue weighted by Gasteiger charge is -2.15. The van der Waals surface area contributed by atoms with Crippen LogP contribution in [-0.4, -0.2) is 35.4 Å². The SMILES string of the molecule is C=C(N[C@@H](CCCN=C(N)N)C(=O)O)C(C)=O. The van der Waals surface area contributed by atoms with Gasteiger partial charge in [0, 0.05) is 13.5 Å². The number of nitrogens with one attached hydrogen (secondary N) is 1. The quantitative estimate of drug-likeness (QED) is 0.190. The van der Waals surface area contributed by atoms with E-state index >= 15 is 0 Å². The highest BCUT2D eigenvalue weighted by molar-refractivity contribution is 5.92. The number of carboxylic acid groups (broad SMARTS) is 1. The molecule has 0 saturated heterocycles. The van der Waals surface area contributed by atoms with Crippen LogP contribution in [0.3, 0.4) is 0 Å². The van der Waals surface area contributed by atoms with Gasteiger partial charge in [-0.25, -0.2) is 4.79 Å². The van der Waals surface area contributed by atoms with E-state index in [-0.39, 0.29) is 17.4 Å². The number of carboxylic acids is 1. The molecular formula is C10H18N4O3. The first-order valence-corrected chi connectivity index (χ1v) is 5.09. The van der Waals surface area contributed by atoms with Crippen LogP contribution in [-0.2, 0) is 9.59 Å². The van der Waals surface area contributed by atoms with Crippen molar-refractivity contribution in [3.63, 3.8) is 0 Å². The zero-order valence-electron chi connectivity index (χ0n) is 9.77. The molecule has 0 spiro atoms. The van der Waals surface area contributed by atoms with Crippen LogP contribution in [0.5, 0.6) is 0 Å². The Labute approximate surface area is 99.6 Å². The Kier molecular flexibility index (Phi) is 6.39. The highest BCUT2D eigenvalue weighted by Gasteiger charge is 2.18. The fourth-order valence-electron chi connectivity index (χ4n) is 1.07. The number of carbonyl (C=O) groups is 2. The normalized spacial score (nSPS) is 11.4. The number of nitrogens with two attached hydrogens (primary N) is 2. The molecule has 0 aromatic rings. The maximum atomic E-state index is 10.9. The Balaban J connectivity index is 4.17. The number of hydrogen-bond acceptors (Lipinski definition) is 4. The van der Waals surface area contributed by atoms with Gasteiger partial charge in [0.25, 0.3) is 0 Å². The maximum Gasteiger partial charge on any atom is 0.326 e. The Morgan fingerprint density at radius 1 is 1.47 bits per heavy atom. The second-order valence-corrected chi connectivity index (χ2v) is 3.52. The first kappa shape index (κ1) is 14.9. The number of aliphatic imine (C=N–C) groups is 1. The van der Waals surface area contributed by atoms with Gasteiger partial charge in [-0.3, -0.25) is 9.79 Å². The van der Waals surface area contributed by atoms with Crippen molar-refractivity contribution in [1.29, 1.82) is 0 Å². The third-order valence-corrected chi connectivity index (χ3v) is 2.02. The van der Waals surface area contributed by atoms with Gasteiger partial charge in [0.2, 0.25) is 0 Å². The monoisotopic (exact) mass is 242 g/mol. The van der Waals surface area contributed by atoms with Crippen LogP contribution in [0.4, 0.5) is 0 Å². The van der Waals surface area contributed by atoms with Crippen molar-refractivity contribution in [1.82, 2.24) is 5.32 Å². The predicted molar refractivity (Wildman–Crippen MR) is 64.3 cm³/mol. The predicted octanol–water partition coefficient (Wildman–Crippen LogP) is -0.814. The molecule has 0 fully saturated rings. The van der Waals surface area contributed by atoms with E-state index in [0.29, 0.717) is 19.4 Å². The van der Waals surface area contributed by atoms with Crippen molar-refractivity contribution in [3.05, 3.63) is 12.3 Å². The van der Waals surface area contributed by atoms with E-state index in [1.807, 2.05) is 0 Å². The van der Waals surface area contributed by atoms with E-state index < -0.39 is 12.0 Å². The van der Waals surface area contributed by atoms with Crippen molar-refractivity contribution >= 4 is 17.7 Å². The standard InChI is InChI=1S/C10H18N4O3/c1-6(7(2)15)14-8(9(16)17)4-3-5-13-10(11)12/h8,14H,1,3-5H2,2H3,(H,16,17)(H4,11,12,13)/t8-/m0/s1. The number of nitrogens with zero attached hydrogens (tertiary/aromatic N) is 1. The Morgan fingerprint density at radius 2 is 2.06 bits per heavy atom. The van der Waals surface area contributed by atoms with Gasteiger partial charge in [0.05, 0.1) is 5.70 Å². The average Bonchev–Trinajstić information content (AvgIpc) is 2.21. The number of aliphatic carboxylic acids is 1. The summed E-state index contributed by atoms with van der Waals surface area (Å²) in [4.78, 5) is 25.5. The number of guanidine groups is 1. The molecule has 0 heterocycles. The van der Waals surface area contributed by atoms with Crippen LogP contribution >= 0.6 is 0 Å². The van der Waals surface area contributed by atoms with E-state index in [4.69, 9.17) is 16.6 Å². The van der Waals surface area contributed by atoms with Crippen molar-refractivity contribution < 1.29 is 14.7 Å². The van der Waals surface area contributed by atoms with Gasteiger partial charge < -0.3 is 21.9 Å². The molecule has 6 N–H and O–H groups in total. The number of hydrogen-bond donors (Lipinski definition) is 4. The van der Waals surface area contributed by atoms with Gasteiger partial charge in [-0.1, -0.05) is 6.58 Å². The second kappa shape index (κ2) is 7.26. The Morgan fingerprint density at radius 3 is 2.47 bits per heavy atom. The molecule has 0 rings (SSSR count). The van der Waals surface area contributed by atoms with Crippen molar-refractivity contribution in [3.8, 4) is 0 Å². The zero-order chi connectivity index (χ0) is 13.4. The number of carbonyl (C=O) groups excluding carboxylic acids is 1. The van der Waals surface area contributed by atoms with Crippen molar-refractivity contribution in [2.24, 2.45) is 16.5 Å². The summed E-state index contributed by atoms with van der Waals surface area (Å²) in [5.41, 5.74) is 10.3. The van der Waals surface area contributed by atoms with E-state index in [2.05, 4.69) is 16.9 Å². The average molecular weight is 242 g/mol. The maximum absolute atomic E-state index is 10.9. The highest BCUT2D eigenvalue weighted by atomic mass is 16.4.